The first-order valence-corrected chi connectivity index (χ1v) is 11.8. The zero-order chi connectivity index (χ0) is 23.7. The molecule has 2 amide bonds. The van der Waals surface area contributed by atoms with Crippen molar-refractivity contribution in [1.82, 2.24) is 9.80 Å². The summed E-state index contributed by atoms with van der Waals surface area (Å²) in [6.07, 6.45) is -4.56. The van der Waals surface area contributed by atoms with Crippen LogP contribution in [0.15, 0.2) is 24.3 Å². The maximum absolute atomic E-state index is 13.3. The van der Waals surface area contributed by atoms with Crippen molar-refractivity contribution in [3.05, 3.63) is 29.8 Å². The van der Waals surface area contributed by atoms with E-state index in [1.807, 2.05) is 4.90 Å². The monoisotopic (exact) mass is 473 g/mol. The molecule has 0 aliphatic carbocycles. The van der Waals surface area contributed by atoms with Gasteiger partial charge in [0.15, 0.2) is 0 Å². The molecule has 178 valence electrons. The Hall–Kier alpha value is -2.10. The molecule has 6 nitrogen and oxygen atoms in total. The number of carbonyl (C=O) groups excluding carboxylic acids is 2. The Balaban J connectivity index is 1.79. The highest BCUT2D eigenvalue weighted by Gasteiger charge is 2.44. The van der Waals surface area contributed by atoms with E-state index < -0.39 is 29.5 Å². The summed E-state index contributed by atoms with van der Waals surface area (Å²) >= 11 is 1.79. The number of hydrogen-bond acceptors (Lipinski definition) is 5. The predicted molar refractivity (Wildman–Crippen MR) is 119 cm³/mol. The molecule has 0 bridgehead atoms. The van der Waals surface area contributed by atoms with Gasteiger partial charge in [0.05, 0.1) is 5.56 Å². The molecule has 2 aliphatic rings. The van der Waals surface area contributed by atoms with Crippen LogP contribution in [0.1, 0.15) is 32.8 Å². The van der Waals surface area contributed by atoms with Crippen LogP contribution in [0.2, 0.25) is 0 Å². The second kappa shape index (κ2) is 9.41. The van der Waals surface area contributed by atoms with Crippen LogP contribution in [-0.4, -0.2) is 77.7 Å². The quantitative estimate of drug-likeness (QED) is 0.662. The van der Waals surface area contributed by atoms with Gasteiger partial charge in [-0.25, -0.2) is 4.79 Å². The fourth-order valence-electron chi connectivity index (χ4n) is 3.94. The molecular formula is C22H30F3N3O3S. The van der Waals surface area contributed by atoms with E-state index in [0.717, 1.165) is 23.6 Å². The minimum Gasteiger partial charge on any atom is -0.444 e. The Kier molecular flexibility index (Phi) is 7.21. The lowest BCUT2D eigenvalue weighted by Crippen LogP contribution is -2.50. The normalized spacial score (nSPS) is 22.1. The second-order valence-electron chi connectivity index (χ2n) is 9.13. The Labute approximate surface area is 191 Å². The molecular weight excluding hydrogens is 443 g/mol. The summed E-state index contributed by atoms with van der Waals surface area (Å²) in [6.45, 7) is 6.84. The van der Waals surface area contributed by atoms with E-state index in [9.17, 15) is 22.8 Å². The zero-order valence-electron chi connectivity index (χ0n) is 18.8. The van der Waals surface area contributed by atoms with Gasteiger partial charge in [0.1, 0.15) is 11.6 Å². The van der Waals surface area contributed by atoms with Gasteiger partial charge in [-0.15, -0.1) is 0 Å². The van der Waals surface area contributed by atoms with Gasteiger partial charge < -0.3 is 14.5 Å². The number of carbonyl (C=O) groups is 2. The molecule has 0 N–H and O–H groups in total. The van der Waals surface area contributed by atoms with Gasteiger partial charge in [-0.2, -0.15) is 24.9 Å². The summed E-state index contributed by atoms with van der Waals surface area (Å²) in [5.74, 6) is 1.62. The minimum absolute atomic E-state index is 0.0977. The number of rotatable bonds is 3. The third-order valence-corrected chi connectivity index (χ3v) is 6.61. The Morgan fingerprint density at radius 2 is 1.69 bits per heavy atom. The van der Waals surface area contributed by atoms with Crippen molar-refractivity contribution in [1.29, 1.82) is 0 Å². The number of likely N-dealkylation sites (N-methyl/N-ethyl adjacent to an activating group) is 1. The third-order valence-electron chi connectivity index (χ3n) is 5.66. The molecule has 1 aromatic rings. The summed E-state index contributed by atoms with van der Waals surface area (Å²) in [5, 5.41) is 0. The number of hydrogen-bond donors (Lipinski definition) is 0. The molecule has 2 atom stereocenters. The van der Waals surface area contributed by atoms with Crippen molar-refractivity contribution >= 4 is 29.4 Å². The summed E-state index contributed by atoms with van der Waals surface area (Å²) < 4.78 is 44.2. The average Bonchev–Trinajstić information content (AvgIpc) is 3.17. The van der Waals surface area contributed by atoms with Crippen LogP contribution in [0, 0.1) is 0 Å². The van der Waals surface area contributed by atoms with Crippen molar-refractivity contribution in [2.75, 3.05) is 43.1 Å². The molecule has 0 radical (unpaired) electrons. The first kappa shape index (κ1) is 24.5. The van der Waals surface area contributed by atoms with E-state index in [2.05, 4.69) is 0 Å². The van der Waals surface area contributed by atoms with Crippen LogP contribution < -0.4 is 4.90 Å². The van der Waals surface area contributed by atoms with Gasteiger partial charge in [0.2, 0.25) is 5.91 Å². The van der Waals surface area contributed by atoms with Gasteiger partial charge in [-0.3, -0.25) is 9.69 Å². The van der Waals surface area contributed by atoms with Crippen LogP contribution in [0.4, 0.5) is 23.7 Å². The van der Waals surface area contributed by atoms with E-state index in [0.29, 0.717) is 25.2 Å². The van der Waals surface area contributed by atoms with Gasteiger partial charge in [0, 0.05) is 49.9 Å². The number of anilines is 1. The van der Waals surface area contributed by atoms with E-state index in [-0.39, 0.29) is 18.5 Å². The highest BCUT2D eigenvalue weighted by molar-refractivity contribution is 7.99. The Bertz CT molecular complexity index is 820. The van der Waals surface area contributed by atoms with Crippen LogP contribution in [0.5, 0.6) is 0 Å². The van der Waals surface area contributed by atoms with Crippen molar-refractivity contribution in [3.63, 3.8) is 0 Å². The molecule has 10 heteroatoms. The molecule has 0 spiro atoms. The van der Waals surface area contributed by atoms with Crippen molar-refractivity contribution in [2.24, 2.45) is 0 Å². The number of nitrogens with zero attached hydrogens (tertiary/aromatic N) is 3. The smallest absolute Gasteiger partial charge is 0.416 e. The predicted octanol–water partition coefficient (Wildman–Crippen LogP) is 4.10. The van der Waals surface area contributed by atoms with E-state index in [4.69, 9.17) is 4.74 Å². The molecule has 0 aromatic heterocycles. The SMILES string of the molecule is CN(c1ccc(C(F)(F)F)cc1)[C@H]1C[C@@H](C(=O)N2CCSCC2)N(C(=O)OC(C)(C)C)C1. The average molecular weight is 474 g/mol. The van der Waals surface area contributed by atoms with Crippen molar-refractivity contribution in [3.8, 4) is 0 Å². The fraction of sp³-hybridized carbons (Fsp3) is 0.636. The number of halogens is 3. The van der Waals surface area contributed by atoms with Crippen molar-refractivity contribution < 1.29 is 27.5 Å². The van der Waals surface area contributed by atoms with Crippen LogP contribution in [0.25, 0.3) is 0 Å². The molecule has 2 fully saturated rings. The second-order valence-corrected chi connectivity index (χ2v) is 10.4. The molecule has 1 aromatic carbocycles. The molecule has 2 heterocycles. The van der Waals surface area contributed by atoms with Crippen LogP contribution >= 0.6 is 11.8 Å². The summed E-state index contributed by atoms with van der Waals surface area (Å²) in [7, 11) is 1.77. The largest absolute Gasteiger partial charge is 0.444 e. The molecule has 0 unspecified atom stereocenters. The summed E-state index contributed by atoms with van der Waals surface area (Å²) in [5.41, 5.74) is -0.828. The lowest BCUT2D eigenvalue weighted by atomic mass is 10.1. The summed E-state index contributed by atoms with van der Waals surface area (Å²) in [6, 6.07) is 4.03. The molecule has 2 aliphatic heterocycles. The van der Waals surface area contributed by atoms with Gasteiger partial charge in [-0.1, -0.05) is 0 Å². The van der Waals surface area contributed by atoms with Crippen LogP contribution in [-0.2, 0) is 15.7 Å². The number of alkyl halides is 3. The van der Waals surface area contributed by atoms with E-state index in [1.165, 1.54) is 17.0 Å². The summed E-state index contributed by atoms with van der Waals surface area (Å²) in [4.78, 5) is 31.3. The lowest BCUT2D eigenvalue weighted by Gasteiger charge is -2.33. The van der Waals surface area contributed by atoms with Gasteiger partial charge in [-0.05, 0) is 51.5 Å². The molecule has 32 heavy (non-hydrogen) atoms. The molecule has 2 saturated heterocycles. The zero-order valence-corrected chi connectivity index (χ0v) is 19.6. The number of likely N-dealkylation sites (tertiary alicyclic amines) is 1. The lowest BCUT2D eigenvalue weighted by molar-refractivity contribution is -0.137. The minimum atomic E-state index is -4.40. The van der Waals surface area contributed by atoms with E-state index in [1.54, 1.807) is 44.5 Å². The number of ether oxygens (including phenoxy) is 1. The number of amides is 2. The van der Waals surface area contributed by atoms with Crippen molar-refractivity contribution in [2.45, 2.75) is 51.1 Å². The Morgan fingerprint density at radius 1 is 1.09 bits per heavy atom. The Morgan fingerprint density at radius 3 is 2.22 bits per heavy atom. The number of benzene rings is 1. The maximum Gasteiger partial charge on any atom is 0.416 e. The highest BCUT2D eigenvalue weighted by Crippen LogP contribution is 2.33. The highest BCUT2D eigenvalue weighted by atomic mass is 32.2. The number of thioether (sulfide) groups is 1. The standard InChI is InChI=1S/C22H30F3N3O3S/c1-21(2,3)31-20(30)28-14-17(13-18(28)19(29)27-9-11-32-12-10-27)26(4)16-7-5-15(6-8-16)22(23,24)25/h5-8,17-18H,9-14H2,1-4H3/t17-,18-/m0/s1. The first-order chi connectivity index (χ1) is 14.9. The first-order valence-electron chi connectivity index (χ1n) is 10.6. The topological polar surface area (TPSA) is 53.1 Å². The maximum atomic E-state index is 13.3. The van der Waals surface area contributed by atoms with Crippen LogP contribution in [0.3, 0.4) is 0 Å². The molecule has 3 rings (SSSR count). The molecule has 0 saturated carbocycles. The van der Waals surface area contributed by atoms with E-state index >= 15 is 0 Å². The third kappa shape index (κ3) is 5.82. The fourth-order valence-corrected chi connectivity index (χ4v) is 4.84. The van der Waals surface area contributed by atoms with Gasteiger partial charge >= 0.3 is 12.3 Å². The van der Waals surface area contributed by atoms with Gasteiger partial charge in [0.25, 0.3) is 0 Å².